The number of anilines is 1. The van der Waals surface area contributed by atoms with Crippen molar-refractivity contribution in [2.24, 2.45) is 5.41 Å². The Bertz CT molecular complexity index is 1050. The van der Waals surface area contributed by atoms with E-state index in [0.717, 1.165) is 12.0 Å². The van der Waals surface area contributed by atoms with Crippen LogP contribution in [-0.4, -0.2) is 24.0 Å². The summed E-state index contributed by atoms with van der Waals surface area (Å²) in [5.41, 5.74) is 6.54. The molecule has 6 nitrogen and oxygen atoms in total. The molecule has 1 heterocycles. The fourth-order valence-corrected chi connectivity index (χ4v) is 4.67. The van der Waals surface area contributed by atoms with Crippen LogP contribution < -0.4 is 19.9 Å². The zero-order valence-corrected chi connectivity index (χ0v) is 20.7. The predicted molar refractivity (Wildman–Crippen MR) is 129 cm³/mol. The van der Waals surface area contributed by atoms with Crippen molar-refractivity contribution < 1.29 is 23.8 Å². The molecule has 178 valence electrons. The number of ether oxygens (including phenoxy) is 3. The third-order valence-corrected chi connectivity index (χ3v) is 5.65. The van der Waals surface area contributed by atoms with E-state index in [1.54, 1.807) is 30.3 Å². The Morgan fingerprint density at radius 3 is 2.33 bits per heavy atom. The molecule has 2 N–H and O–H groups in total. The Kier molecular flexibility index (Phi) is 6.51. The van der Waals surface area contributed by atoms with Gasteiger partial charge in [-0.2, -0.15) is 0 Å². The third-order valence-electron chi connectivity index (χ3n) is 5.65. The summed E-state index contributed by atoms with van der Waals surface area (Å²) < 4.78 is 17.8. The lowest BCUT2D eigenvalue weighted by Crippen LogP contribution is -2.44. The monoisotopic (exact) mass is 453 g/mol. The van der Waals surface area contributed by atoms with Gasteiger partial charge in [0.1, 0.15) is 29.5 Å². The Labute approximate surface area is 196 Å². The first-order chi connectivity index (χ1) is 15.2. The second-order valence-electron chi connectivity index (χ2n) is 11.1. The Morgan fingerprint density at radius 1 is 1.12 bits per heavy atom. The van der Waals surface area contributed by atoms with Gasteiger partial charge in [0.2, 0.25) is 0 Å². The third kappa shape index (κ3) is 6.06. The molecule has 0 aromatic heterocycles. The number of hydrogen-bond acceptors (Lipinski definition) is 6. The molecule has 0 amide bonds. The molecule has 1 atom stereocenters. The number of nitrogen functional groups attached to an aromatic ring is 1. The van der Waals surface area contributed by atoms with Crippen LogP contribution in [0.5, 0.6) is 17.2 Å². The maximum atomic E-state index is 13.1. The van der Waals surface area contributed by atoms with Crippen molar-refractivity contribution in [1.82, 2.24) is 0 Å². The number of Topliss-reactive ketones (excluding diaryl/α,β-unsaturated/α-hetero) is 1. The van der Waals surface area contributed by atoms with Gasteiger partial charge in [0.25, 0.3) is 0 Å². The molecule has 3 rings (SSSR count). The van der Waals surface area contributed by atoms with Gasteiger partial charge in [0.15, 0.2) is 5.78 Å². The van der Waals surface area contributed by atoms with Crippen LogP contribution in [0.15, 0.2) is 36.4 Å². The van der Waals surface area contributed by atoms with E-state index in [4.69, 9.17) is 19.9 Å². The van der Waals surface area contributed by atoms with Gasteiger partial charge in [-0.05, 0) is 60.6 Å². The second kappa shape index (κ2) is 8.73. The molecule has 1 aliphatic rings. The molecule has 2 aromatic carbocycles. The van der Waals surface area contributed by atoms with Crippen molar-refractivity contribution in [3.05, 3.63) is 47.5 Å². The fraction of sp³-hybridized carbons (Fsp3) is 0.481. The maximum absolute atomic E-state index is 13.1. The van der Waals surface area contributed by atoms with Gasteiger partial charge in [-0.25, -0.2) is 0 Å². The summed E-state index contributed by atoms with van der Waals surface area (Å²) in [5.74, 6) is 1.06. The minimum atomic E-state index is -0.833. The maximum Gasteiger partial charge on any atom is 0.308 e. The first kappa shape index (κ1) is 24.6. The molecule has 0 radical (unpaired) electrons. The van der Waals surface area contributed by atoms with E-state index in [1.165, 1.54) is 6.92 Å². The normalized spacial score (nSPS) is 18.3. The highest BCUT2D eigenvalue weighted by atomic mass is 16.5. The number of rotatable bonds is 6. The molecule has 0 bridgehead atoms. The molecule has 33 heavy (non-hydrogen) atoms. The molecule has 0 saturated carbocycles. The Hall–Kier alpha value is -3.02. The molecule has 0 saturated heterocycles. The van der Waals surface area contributed by atoms with Crippen LogP contribution in [0.2, 0.25) is 0 Å². The van der Waals surface area contributed by atoms with Crippen LogP contribution in [-0.2, 0) is 10.2 Å². The number of benzene rings is 2. The molecule has 1 unspecified atom stereocenters. The van der Waals surface area contributed by atoms with Crippen LogP contribution in [0.3, 0.4) is 0 Å². The Balaban J connectivity index is 1.95. The largest absolute Gasteiger partial charge is 0.489 e. The number of hydrogen-bond donors (Lipinski definition) is 1. The zero-order chi connectivity index (χ0) is 24.6. The zero-order valence-electron chi connectivity index (χ0n) is 20.7. The number of carbonyl (C=O) groups is 2. The van der Waals surface area contributed by atoms with Gasteiger partial charge in [-0.1, -0.05) is 34.6 Å². The average molecular weight is 454 g/mol. The lowest BCUT2D eigenvalue weighted by molar-refractivity contribution is -0.132. The number of esters is 1. The molecular formula is C27H35NO5. The molecular weight excluding hydrogens is 418 g/mol. The van der Waals surface area contributed by atoms with E-state index in [1.807, 2.05) is 13.0 Å². The summed E-state index contributed by atoms with van der Waals surface area (Å²) in [4.78, 5) is 24.9. The highest BCUT2D eigenvalue weighted by Crippen LogP contribution is 2.45. The number of fused-ring (bicyclic) bond motifs is 1. The van der Waals surface area contributed by atoms with Gasteiger partial charge in [0, 0.05) is 18.2 Å². The average Bonchev–Trinajstić information content (AvgIpc) is 2.65. The van der Waals surface area contributed by atoms with Crippen molar-refractivity contribution in [1.29, 1.82) is 0 Å². The fourth-order valence-electron chi connectivity index (χ4n) is 4.67. The van der Waals surface area contributed by atoms with Gasteiger partial charge < -0.3 is 19.9 Å². The van der Waals surface area contributed by atoms with E-state index >= 15 is 0 Å². The van der Waals surface area contributed by atoms with Crippen LogP contribution in [0.4, 0.5) is 5.69 Å². The summed E-state index contributed by atoms with van der Waals surface area (Å²) in [5, 5.41) is 0. The SMILES string of the molecule is CC(=O)Oc1cc2c(cc1C(C)(C)CC(C)(C)C)OC(C)(COc1ccc(N)cc1)CC2=O. The van der Waals surface area contributed by atoms with E-state index in [9.17, 15) is 9.59 Å². The van der Waals surface area contributed by atoms with Crippen molar-refractivity contribution in [2.75, 3.05) is 12.3 Å². The van der Waals surface area contributed by atoms with E-state index in [-0.39, 0.29) is 29.6 Å². The highest BCUT2D eigenvalue weighted by molar-refractivity contribution is 6.01. The van der Waals surface area contributed by atoms with Crippen molar-refractivity contribution in [3.63, 3.8) is 0 Å². The number of carbonyl (C=O) groups excluding carboxylic acids is 2. The standard InChI is InChI=1S/C27H35NO5/c1-17(29)32-24-12-20-22(30)14-27(7,16-31-19-10-8-18(28)9-11-19)33-23(20)13-21(24)26(5,6)15-25(2,3)4/h8-13H,14-16,28H2,1-7H3. The number of nitrogens with two attached hydrogens (primary N) is 1. The summed E-state index contributed by atoms with van der Waals surface area (Å²) in [6, 6.07) is 10.6. The van der Waals surface area contributed by atoms with Gasteiger partial charge in [-0.3, -0.25) is 9.59 Å². The Morgan fingerprint density at radius 2 is 1.76 bits per heavy atom. The second-order valence-corrected chi connectivity index (χ2v) is 11.1. The van der Waals surface area contributed by atoms with E-state index in [0.29, 0.717) is 28.5 Å². The summed E-state index contributed by atoms with van der Waals surface area (Å²) in [7, 11) is 0. The highest BCUT2D eigenvalue weighted by Gasteiger charge is 2.40. The topological polar surface area (TPSA) is 87.8 Å². The molecule has 6 heteroatoms. The van der Waals surface area contributed by atoms with E-state index < -0.39 is 11.6 Å². The minimum absolute atomic E-state index is 0.0466. The first-order valence-electron chi connectivity index (χ1n) is 11.3. The summed E-state index contributed by atoms with van der Waals surface area (Å²) in [6.07, 6.45) is 0.998. The van der Waals surface area contributed by atoms with E-state index in [2.05, 4.69) is 34.6 Å². The van der Waals surface area contributed by atoms with Crippen LogP contribution in [0.1, 0.15) is 77.2 Å². The number of ketones is 1. The summed E-state index contributed by atoms with van der Waals surface area (Å²) >= 11 is 0. The van der Waals surface area contributed by atoms with Gasteiger partial charge in [-0.15, -0.1) is 0 Å². The lowest BCUT2D eigenvalue weighted by atomic mass is 9.71. The van der Waals surface area contributed by atoms with Crippen LogP contribution >= 0.6 is 0 Å². The van der Waals surface area contributed by atoms with Crippen molar-refractivity contribution in [3.8, 4) is 17.2 Å². The molecule has 1 aliphatic heterocycles. The summed E-state index contributed by atoms with van der Waals surface area (Å²) in [6.45, 7) is 14.2. The predicted octanol–water partition coefficient (Wildman–Crippen LogP) is 5.71. The molecule has 2 aromatic rings. The van der Waals surface area contributed by atoms with Gasteiger partial charge in [0.05, 0.1) is 12.0 Å². The van der Waals surface area contributed by atoms with Crippen LogP contribution in [0, 0.1) is 5.41 Å². The molecule has 0 aliphatic carbocycles. The minimum Gasteiger partial charge on any atom is -0.489 e. The quantitative estimate of drug-likeness (QED) is 0.342. The first-order valence-corrected chi connectivity index (χ1v) is 11.3. The lowest BCUT2D eigenvalue weighted by Gasteiger charge is -2.37. The molecule has 0 fully saturated rings. The van der Waals surface area contributed by atoms with Crippen molar-refractivity contribution in [2.45, 2.75) is 72.3 Å². The van der Waals surface area contributed by atoms with Crippen LogP contribution in [0.25, 0.3) is 0 Å². The molecule has 0 spiro atoms. The van der Waals surface area contributed by atoms with Gasteiger partial charge >= 0.3 is 5.97 Å². The van der Waals surface area contributed by atoms with Crippen molar-refractivity contribution >= 4 is 17.4 Å². The smallest absolute Gasteiger partial charge is 0.308 e.